The van der Waals surface area contributed by atoms with Gasteiger partial charge in [0.15, 0.2) is 5.60 Å². The van der Waals surface area contributed by atoms with Crippen LogP contribution in [0, 0.1) is 17.3 Å². The molecule has 5 fully saturated rings. The summed E-state index contributed by atoms with van der Waals surface area (Å²) >= 11 is 3.90. The van der Waals surface area contributed by atoms with E-state index in [2.05, 4.69) is 15.9 Å². The topological polar surface area (TPSA) is 40.5 Å². The number of hydrogen-bond acceptors (Lipinski definition) is 2. The van der Waals surface area contributed by atoms with E-state index in [4.69, 9.17) is 0 Å². The molecule has 0 radical (unpaired) electrons. The second kappa shape index (κ2) is 5.12. The molecule has 1 heterocycles. The number of halogens is 4. The molecule has 24 heavy (non-hydrogen) atoms. The summed E-state index contributed by atoms with van der Waals surface area (Å²) < 4.78 is 39.0. The molecule has 4 saturated carbocycles. The molecule has 5 aliphatic rings. The highest BCUT2D eigenvalue weighted by molar-refractivity contribution is 9.10. The van der Waals surface area contributed by atoms with Gasteiger partial charge >= 0.3 is 6.18 Å². The second-order valence-corrected chi connectivity index (χ2v) is 10.6. The van der Waals surface area contributed by atoms with Crippen molar-refractivity contribution >= 4 is 21.8 Å². The van der Waals surface area contributed by atoms with Crippen LogP contribution >= 0.6 is 15.9 Å². The van der Waals surface area contributed by atoms with Crippen LogP contribution in [0.5, 0.6) is 0 Å². The molecular formula is C17H23BrF3NO2. The summed E-state index contributed by atoms with van der Waals surface area (Å²) in [5.74, 6) is 1.07. The van der Waals surface area contributed by atoms with Crippen LogP contribution in [0.2, 0.25) is 0 Å². The van der Waals surface area contributed by atoms with Gasteiger partial charge in [0, 0.05) is 23.7 Å². The molecule has 0 spiro atoms. The maximum atomic E-state index is 13.0. The molecular weight excluding hydrogens is 387 g/mol. The Kier molecular flexibility index (Phi) is 3.65. The molecule has 1 N–H and O–H groups in total. The van der Waals surface area contributed by atoms with Crippen LogP contribution in [0.4, 0.5) is 13.2 Å². The van der Waals surface area contributed by atoms with Gasteiger partial charge in [-0.05, 0) is 55.8 Å². The minimum atomic E-state index is -4.68. The van der Waals surface area contributed by atoms with Gasteiger partial charge in [-0.3, -0.25) is 4.79 Å². The summed E-state index contributed by atoms with van der Waals surface area (Å²) in [6, 6.07) is 0. The lowest BCUT2D eigenvalue weighted by atomic mass is 9.48. The summed E-state index contributed by atoms with van der Waals surface area (Å²) in [5.41, 5.74) is -2.79. The maximum absolute atomic E-state index is 13.0. The Balaban J connectivity index is 1.46. The van der Waals surface area contributed by atoms with E-state index in [-0.39, 0.29) is 22.2 Å². The van der Waals surface area contributed by atoms with E-state index in [9.17, 15) is 23.1 Å². The molecule has 0 aromatic rings. The van der Waals surface area contributed by atoms with Crippen molar-refractivity contribution in [3.8, 4) is 0 Å². The van der Waals surface area contributed by atoms with Gasteiger partial charge in [0.05, 0.1) is 6.54 Å². The zero-order valence-corrected chi connectivity index (χ0v) is 15.1. The number of carbonyl (C=O) groups excluding carboxylic acids is 1. The summed E-state index contributed by atoms with van der Waals surface area (Å²) in [6.45, 7) is -0.616. The molecule has 1 amide bonds. The molecule has 7 heteroatoms. The largest absolute Gasteiger partial charge is 0.419 e. The van der Waals surface area contributed by atoms with Gasteiger partial charge in [0.25, 0.3) is 0 Å². The number of aliphatic hydroxyl groups is 1. The molecule has 1 aliphatic heterocycles. The third-order valence-electron chi connectivity index (χ3n) is 6.77. The van der Waals surface area contributed by atoms with Gasteiger partial charge in [0.1, 0.15) is 0 Å². The van der Waals surface area contributed by atoms with E-state index in [1.54, 1.807) is 0 Å². The number of nitrogens with zero attached hydrogens (tertiary/aromatic N) is 1. The molecule has 1 saturated heterocycles. The Morgan fingerprint density at radius 3 is 2.33 bits per heavy atom. The lowest BCUT2D eigenvalue weighted by molar-refractivity contribution is -0.253. The summed E-state index contributed by atoms with van der Waals surface area (Å²) in [5, 5.41) is 9.79. The lowest BCUT2D eigenvalue weighted by Gasteiger charge is -2.60. The first-order chi connectivity index (χ1) is 11.0. The Bertz CT molecular complexity index is 553. The Morgan fingerprint density at radius 1 is 1.21 bits per heavy atom. The first kappa shape index (κ1) is 17.1. The van der Waals surface area contributed by atoms with Crippen LogP contribution in [0.25, 0.3) is 0 Å². The van der Waals surface area contributed by atoms with Gasteiger partial charge in [-0.15, -0.1) is 0 Å². The molecule has 3 unspecified atom stereocenters. The van der Waals surface area contributed by atoms with Crippen molar-refractivity contribution in [2.45, 2.75) is 67.5 Å². The molecule has 3 nitrogen and oxygen atoms in total. The Hall–Kier alpha value is -0.300. The highest BCUT2D eigenvalue weighted by Crippen LogP contribution is 2.65. The van der Waals surface area contributed by atoms with E-state index in [1.165, 1.54) is 11.3 Å². The first-order valence-electron chi connectivity index (χ1n) is 8.77. The standard InChI is InChI=1S/C17H23BrF3NO2/c18-15-6-11-3-12(7-15)5-14(4-11,9-15)8-13(23)22-2-1-16(24,10-22)17(19,20)21/h11-12,24H,1-10H2. The number of hydrogen-bond donors (Lipinski definition) is 1. The summed E-state index contributed by atoms with van der Waals surface area (Å²) in [6.07, 6.45) is 1.82. The minimum Gasteiger partial charge on any atom is -0.379 e. The van der Waals surface area contributed by atoms with Crippen molar-refractivity contribution in [2.75, 3.05) is 13.1 Å². The lowest BCUT2D eigenvalue weighted by Crippen LogP contribution is -2.54. The molecule has 0 aromatic carbocycles. The van der Waals surface area contributed by atoms with Crippen molar-refractivity contribution in [3.63, 3.8) is 0 Å². The maximum Gasteiger partial charge on any atom is 0.419 e. The molecule has 0 aromatic heterocycles. The van der Waals surface area contributed by atoms with Crippen molar-refractivity contribution in [1.82, 2.24) is 4.90 Å². The zero-order valence-electron chi connectivity index (χ0n) is 13.5. The molecule has 4 bridgehead atoms. The zero-order chi connectivity index (χ0) is 17.4. The van der Waals surface area contributed by atoms with Gasteiger partial charge in [-0.2, -0.15) is 13.2 Å². The number of rotatable bonds is 2. The van der Waals surface area contributed by atoms with Crippen molar-refractivity contribution in [2.24, 2.45) is 17.3 Å². The smallest absolute Gasteiger partial charge is 0.379 e. The molecule has 136 valence electrons. The SMILES string of the molecule is O=C(CC12CC3CC(CC(Br)(C3)C1)C2)N1CCC(O)(C(F)(F)F)C1. The predicted molar refractivity (Wildman–Crippen MR) is 85.6 cm³/mol. The fourth-order valence-corrected chi connectivity index (χ4v) is 7.72. The predicted octanol–water partition coefficient (Wildman–Crippen LogP) is 3.64. The first-order valence-corrected chi connectivity index (χ1v) is 9.57. The molecule has 3 atom stereocenters. The van der Waals surface area contributed by atoms with Crippen molar-refractivity contribution in [1.29, 1.82) is 0 Å². The normalized spacial score (nSPS) is 47.5. The van der Waals surface area contributed by atoms with Gasteiger partial charge in [-0.25, -0.2) is 0 Å². The minimum absolute atomic E-state index is 0.00274. The Labute approximate surface area is 148 Å². The highest BCUT2D eigenvalue weighted by Gasteiger charge is 2.60. The second-order valence-electron chi connectivity index (χ2n) is 8.88. The Morgan fingerprint density at radius 2 is 1.83 bits per heavy atom. The van der Waals surface area contributed by atoms with Crippen LogP contribution in [-0.4, -0.2) is 45.1 Å². The van der Waals surface area contributed by atoms with Crippen LogP contribution in [0.15, 0.2) is 0 Å². The fourth-order valence-electron chi connectivity index (χ4n) is 6.21. The third kappa shape index (κ3) is 2.70. The van der Waals surface area contributed by atoms with E-state index < -0.39 is 24.7 Å². The summed E-state index contributed by atoms with van der Waals surface area (Å²) in [4.78, 5) is 13.9. The number of likely N-dealkylation sites (tertiary alicyclic amines) is 1. The van der Waals surface area contributed by atoms with Crippen molar-refractivity contribution in [3.05, 3.63) is 0 Å². The van der Waals surface area contributed by atoms with Crippen LogP contribution in [0.1, 0.15) is 51.4 Å². The van der Waals surface area contributed by atoms with Gasteiger partial charge in [0.2, 0.25) is 5.91 Å². The van der Waals surface area contributed by atoms with E-state index in [1.807, 2.05) is 0 Å². The fraction of sp³-hybridized carbons (Fsp3) is 0.941. The van der Waals surface area contributed by atoms with Crippen LogP contribution in [0.3, 0.4) is 0 Å². The third-order valence-corrected chi connectivity index (χ3v) is 7.69. The average Bonchev–Trinajstić information content (AvgIpc) is 2.78. The van der Waals surface area contributed by atoms with Crippen LogP contribution in [-0.2, 0) is 4.79 Å². The van der Waals surface area contributed by atoms with Gasteiger partial charge < -0.3 is 10.0 Å². The van der Waals surface area contributed by atoms with E-state index in [0.717, 1.165) is 32.1 Å². The summed E-state index contributed by atoms with van der Waals surface area (Å²) in [7, 11) is 0. The number of carbonyl (C=O) groups is 1. The van der Waals surface area contributed by atoms with Crippen molar-refractivity contribution < 1.29 is 23.1 Å². The van der Waals surface area contributed by atoms with E-state index in [0.29, 0.717) is 18.3 Å². The monoisotopic (exact) mass is 409 g/mol. The number of β-amino-alcohol motifs (C(OH)–C–C–N with tert-alkyl or cyclic N) is 1. The van der Waals surface area contributed by atoms with Gasteiger partial charge in [-0.1, -0.05) is 15.9 Å². The highest BCUT2D eigenvalue weighted by atomic mass is 79.9. The quantitative estimate of drug-likeness (QED) is 0.707. The average molecular weight is 410 g/mol. The van der Waals surface area contributed by atoms with Crippen LogP contribution < -0.4 is 0 Å². The molecule has 4 aliphatic carbocycles. The number of amides is 1. The molecule has 5 rings (SSSR count). The van der Waals surface area contributed by atoms with E-state index >= 15 is 0 Å². The number of alkyl halides is 4.